The largest absolute Gasteiger partial charge is 0.396 e. The van der Waals surface area contributed by atoms with Crippen LogP contribution >= 0.6 is 0 Å². The Morgan fingerprint density at radius 3 is 2.30 bits per heavy atom. The molecule has 3 nitrogen and oxygen atoms in total. The molecule has 0 saturated heterocycles. The fraction of sp³-hybridized carbons (Fsp3) is 0.647. The zero-order chi connectivity index (χ0) is 15.0. The molecule has 0 spiro atoms. The van der Waals surface area contributed by atoms with Gasteiger partial charge in [-0.05, 0) is 36.3 Å². The Labute approximate surface area is 123 Å². The van der Waals surface area contributed by atoms with Crippen LogP contribution in [0.2, 0.25) is 0 Å². The van der Waals surface area contributed by atoms with Crippen molar-refractivity contribution in [3.8, 4) is 0 Å². The maximum Gasteiger partial charge on any atom is 0.0914 e. The molecule has 0 bridgehead atoms. The lowest BCUT2D eigenvalue weighted by Crippen LogP contribution is -2.33. The number of rotatable bonds is 9. The van der Waals surface area contributed by atoms with Crippen molar-refractivity contribution in [2.45, 2.75) is 52.2 Å². The van der Waals surface area contributed by atoms with E-state index in [0.717, 1.165) is 24.8 Å². The van der Waals surface area contributed by atoms with Crippen LogP contribution in [0.3, 0.4) is 0 Å². The molecule has 2 atom stereocenters. The molecule has 0 aliphatic rings. The van der Waals surface area contributed by atoms with E-state index in [0.29, 0.717) is 12.5 Å². The number of hydrogen-bond donors (Lipinski definition) is 3. The highest BCUT2D eigenvalue weighted by atomic mass is 16.3. The molecule has 0 amide bonds. The van der Waals surface area contributed by atoms with Gasteiger partial charge in [0.15, 0.2) is 0 Å². The van der Waals surface area contributed by atoms with Crippen LogP contribution in [0.1, 0.15) is 50.8 Å². The predicted molar refractivity (Wildman–Crippen MR) is 83.7 cm³/mol. The summed E-state index contributed by atoms with van der Waals surface area (Å²) in [6, 6.07) is 8.50. The van der Waals surface area contributed by atoms with Gasteiger partial charge in [0.1, 0.15) is 0 Å². The van der Waals surface area contributed by atoms with Crippen LogP contribution in [0.5, 0.6) is 0 Å². The standard InChI is InChI=1S/C17H29NO2/c1-4-16(9-10-19)18-12-17(20)15-7-5-14(6-8-15)11-13(2)3/h5-8,13,16-20H,4,9-12H2,1-3H3. The van der Waals surface area contributed by atoms with Gasteiger partial charge in [0.25, 0.3) is 0 Å². The predicted octanol–water partition coefficient (Wildman–Crippen LogP) is 2.67. The summed E-state index contributed by atoms with van der Waals surface area (Å²) in [6.45, 7) is 7.21. The first-order chi connectivity index (χ1) is 9.56. The van der Waals surface area contributed by atoms with Crippen molar-refractivity contribution >= 4 is 0 Å². The molecular formula is C17H29NO2. The number of hydrogen-bond acceptors (Lipinski definition) is 3. The molecule has 3 N–H and O–H groups in total. The summed E-state index contributed by atoms with van der Waals surface area (Å²) in [6.07, 6.45) is 2.27. The third-order valence-electron chi connectivity index (χ3n) is 3.58. The van der Waals surface area contributed by atoms with Crippen LogP contribution in [0.4, 0.5) is 0 Å². The maximum absolute atomic E-state index is 10.2. The Kier molecular flexibility index (Phi) is 7.82. The number of nitrogens with one attached hydrogen (secondary N) is 1. The summed E-state index contributed by atoms with van der Waals surface area (Å²) in [7, 11) is 0. The van der Waals surface area contributed by atoms with Gasteiger partial charge < -0.3 is 15.5 Å². The average molecular weight is 279 g/mol. The lowest BCUT2D eigenvalue weighted by molar-refractivity contribution is 0.164. The summed E-state index contributed by atoms with van der Waals surface area (Å²) in [5.74, 6) is 0.649. The highest BCUT2D eigenvalue weighted by Crippen LogP contribution is 2.15. The zero-order valence-electron chi connectivity index (χ0n) is 13.0. The van der Waals surface area contributed by atoms with E-state index in [1.165, 1.54) is 5.56 Å². The van der Waals surface area contributed by atoms with E-state index in [2.05, 4.69) is 38.2 Å². The van der Waals surface area contributed by atoms with Crippen molar-refractivity contribution in [1.29, 1.82) is 0 Å². The Morgan fingerprint density at radius 2 is 1.80 bits per heavy atom. The normalized spacial score (nSPS) is 14.5. The molecule has 114 valence electrons. The molecule has 0 heterocycles. The minimum atomic E-state index is -0.490. The highest BCUT2D eigenvalue weighted by Gasteiger charge is 2.11. The van der Waals surface area contributed by atoms with Crippen LogP contribution < -0.4 is 5.32 Å². The third kappa shape index (κ3) is 6.04. The number of benzene rings is 1. The van der Waals surface area contributed by atoms with E-state index in [-0.39, 0.29) is 12.6 Å². The number of aliphatic hydroxyl groups excluding tert-OH is 2. The topological polar surface area (TPSA) is 52.5 Å². The van der Waals surface area contributed by atoms with Crippen molar-refractivity contribution in [2.24, 2.45) is 5.92 Å². The van der Waals surface area contributed by atoms with Gasteiger partial charge in [0, 0.05) is 19.2 Å². The van der Waals surface area contributed by atoms with Crippen molar-refractivity contribution in [3.05, 3.63) is 35.4 Å². The molecule has 20 heavy (non-hydrogen) atoms. The van der Waals surface area contributed by atoms with Gasteiger partial charge in [-0.25, -0.2) is 0 Å². The highest BCUT2D eigenvalue weighted by molar-refractivity contribution is 5.24. The summed E-state index contributed by atoms with van der Waals surface area (Å²) < 4.78 is 0. The lowest BCUT2D eigenvalue weighted by atomic mass is 10.00. The second-order valence-corrected chi connectivity index (χ2v) is 5.88. The van der Waals surface area contributed by atoms with Crippen molar-refractivity contribution < 1.29 is 10.2 Å². The Balaban J connectivity index is 2.48. The third-order valence-corrected chi connectivity index (χ3v) is 3.58. The molecule has 2 unspecified atom stereocenters. The van der Waals surface area contributed by atoms with Gasteiger partial charge in [-0.3, -0.25) is 0 Å². The lowest BCUT2D eigenvalue weighted by Gasteiger charge is -2.19. The van der Waals surface area contributed by atoms with Crippen LogP contribution in [-0.2, 0) is 6.42 Å². The first-order valence-corrected chi connectivity index (χ1v) is 7.68. The van der Waals surface area contributed by atoms with Crippen molar-refractivity contribution in [3.63, 3.8) is 0 Å². The SMILES string of the molecule is CCC(CCO)NCC(O)c1ccc(CC(C)C)cc1. The van der Waals surface area contributed by atoms with Gasteiger partial charge >= 0.3 is 0 Å². The van der Waals surface area contributed by atoms with E-state index in [1.54, 1.807) is 0 Å². The first-order valence-electron chi connectivity index (χ1n) is 7.68. The maximum atomic E-state index is 10.2. The minimum absolute atomic E-state index is 0.186. The summed E-state index contributed by atoms with van der Waals surface area (Å²) in [5.41, 5.74) is 2.26. The van der Waals surface area contributed by atoms with Crippen LogP contribution in [0.15, 0.2) is 24.3 Å². The molecule has 3 heteroatoms. The van der Waals surface area contributed by atoms with Gasteiger partial charge in [-0.1, -0.05) is 45.0 Å². The monoisotopic (exact) mass is 279 g/mol. The molecule has 0 fully saturated rings. The smallest absolute Gasteiger partial charge is 0.0914 e. The van der Waals surface area contributed by atoms with E-state index < -0.39 is 6.10 Å². The van der Waals surface area contributed by atoms with Gasteiger partial charge in [-0.2, -0.15) is 0 Å². The summed E-state index contributed by atoms with van der Waals surface area (Å²) >= 11 is 0. The van der Waals surface area contributed by atoms with Gasteiger partial charge in [0.2, 0.25) is 0 Å². The minimum Gasteiger partial charge on any atom is -0.396 e. The summed E-state index contributed by atoms with van der Waals surface area (Å²) in [4.78, 5) is 0. The Morgan fingerprint density at radius 1 is 1.15 bits per heavy atom. The quantitative estimate of drug-likeness (QED) is 0.651. The molecule has 1 aromatic rings. The summed E-state index contributed by atoms with van der Waals surface area (Å²) in [5, 5.41) is 22.4. The van der Waals surface area contributed by atoms with Gasteiger partial charge in [-0.15, -0.1) is 0 Å². The fourth-order valence-electron chi connectivity index (χ4n) is 2.35. The van der Waals surface area contributed by atoms with Gasteiger partial charge in [0.05, 0.1) is 6.10 Å². The molecule has 0 aromatic heterocycles. The molecule has 1 rings (SSSR count). The van der Waals surface area contributed by atoms with Crippen molar-refractivity contribution in [2.75, 3.05) is 13.2 Å². The van der Waals surface area contributed by atoms with Crippen molar-refractivity contribution in [1.82, 2.24) is 5.32 Å². The first kappa shape index (κ1) is 17.2. The van der Waals surface area contributed by atoms with E-state index in [9.17, 15) is 5.11 Å². The van der Waals surface area contributed by atoms with E-state index in [1.807, 2.05) is 12.1 Å². The molecule has 0 saturated carbocycles. The van der Waals surface area contributed by atoms with Crippen LogP contribution in [0.25, 0.3) is 0 Å². The Hall–Kier alpha value is -0.900. The molecule has 1 aromatic carbocycles. The second kappa shape index (κ2) is 9.11. The Bertz CT molecular complexity index is 362. The molecule has 0 aliphatic carbocycles. The van der Waals surface area contributed by atoms with E-state index in [4.69, 9.17) is 5.11 Å². The zero-order valence-corrected chi connectivity index (χ0v) is 13.0. The fourth-order valence-corrected chi connectivity index (χ4v) is 2.35. The molecular weight excluding hydrogens is 250 g/mol. The van der Waals surface area contributed by atoms with Crippen LogP contribution in [-0.4, -0.2) is 29.4 Å². The molecule has 0 aliphatic heterocycles. The number of aliphatic hydroxyl groups is 2. The average Bonchev–Trinajstić information content (AvgIpc) is 2.43. The second-order valence-electron chi connectivity index (χ2n) is 5.88. The van der Waals surface area contributed by atoms with Crippen LogP contribution in [0, 0.1) is 5.92 Å². The van der Waals surface area contributed by atoms with E-state index >= 15 is 0 Å². The molecule has 0 radical (unpaired) electrons.